The summed E-state index contributed by atoms with van der Waals surface area (Å²) in [7, 11) is -0.911. The molecule has 18 heavy (non-hydrogen) atoms. The Morgan fingerprint density at radius 3 is 2.44 bits per heavy atom. The van der Waals surface area contributed by atoms with Gasteiger partial charge in [0.05, 0.1) is 11.5 Å². The minimum absolute atomic E-state index is 0.134. The molecule has 1 N–H and O–H groups in total. The highest BCUT2D eigenvalue weighted by Crippen LogP contribution is 2.34. The van der Waals surface area contributed by atoms with Crippen molar-refractivity contribution in [2.24, 2.45) is 5.92 Å². The Bertz CT molecular complexity index is 501. The molecular formula is C13H18ClNO2S. The van der Waals surface area contributed by atoms with E-state index in [1.54, 1.807) is 0 Å². The quantitative estimate of drug-likeness (QED) is 0.929. The molecule has 0 aliphatic carbocycles. The van der Waals surface area contributed by atoms with Crippen LogP contribution in [-0.2, 0) is 9.84 Å². The normalized spacial score (nSPS) is 21.7. The fourth-order valence-electron chi connectivity index (χ4n) is 2.61. The van der Waals surface area contributed by atoms with Crippen LogP contribution in [0.5, 0.6) is 0 Å². The second-order valence-corrected chi connectivity index (χ2v) is 7.49. The van der Waals surface area contributed by atoms with Gasteiger partial charge in [-0.3, -0.25) is 0 Å². The van der Waals surface area contributed by atoms with Gasteiger partial charge in [-0.15, -0.1) is 0 Å². The highest BCUT2D eigenvalue weighted by molar-refractivity contribution is 7.91. The first-order valence-electron chi connectivity index (χ1n) is 6.15. The van der Waals surface area contributed by atoms with E-state index in [1.165, 1.54) is 0 Å². The maximum absolute atomic E-state index is 11.5. The lowest BCUT2D eigenvalue weighted by molar-refractivity contribution is 0.350. The summed E-state index contributed by atoms with van der Waals surface area (Å²) in [6, 6.07) is 7.89. The van der Waals surface area contributed by atoms with Crippen molar-refractivity contribution in [3.05, 3.63) is 34.9 Å². The first kappa shape index (κ1) is 13.8. The van der Waals surface area contributed by atoms with Crippen LogP contribution in [0.1, 0.15) is 24.4 Å². The van der Waals surface area contributed by atoms with E-state index < -0.39 is 9.84 Å². The van der Waals surface area contributed by atoms with Gasteiger partial charge in [0, 0.05) is 11.1 Å². The molecule has 1 aliphatic rings. The molecule has 2 rings (SSSR count). The van der Waals surface area contributed by atoms with Gasteiger partial charge in [0.15, 0.2) is 0 Å². The second kappa shape index (κ2) is 5.59. The molecule has 0 aromatic heterocycles. The maximum atomic E-state index is 11.5. The molecule has 1 fully saturated rings. The Morgan fingerprint density at radius 2 is 1.89 bits per heavy atom. The molecular weight excluding hydrogens is 270 g/mol. The van der Waals surface area contributed by atoms with Crippen molar-refractivity contribution in [2.75, 3.05) is 18.6 Å². The smallest absolute Gasteiger partial charge is 0.150 e. The number of hydrogen-bond donors (Lipinski definition) is 1. The van der Waals surface area contributed by atoms with Crippen molar-refractivity contribution in [1.29, 1.82) is 0 Å². The van der Waals surface area contributed by atoms with Crippen molar-refractivity contribution in [3.8, 4) is 0 Å². The molecule has 0 spiro atoms. The lowest BCUT2D eigenvalue weighted by atomic mass is 9.88. The van der Waals surface area contributed by atoms with Crippen molar-refractivity contribution in [3.63, 3.8) is 0 Å². The fourth-order valence-corrected chi connectivity index (χ4v) is 4.40. The summed E-state index contributed by atoms with van der Waals surface area (Å²) in [6.45, 7) is 0. The van der Waals surface area contributed by atoms with E-state index in [0.717, 1.165) is 10.6 Å². The van der Waals surface area contributed by atoms with Crippen molar-refractivity contribution in [1.82, 2.24) is 5.32 Å². The standard InChI is InChI=1S/C13H18ClNO2S/c1-15-13(11-4-2-3-5-12(11)14)10-6-8-18(16,17)9-7-10/h2-5,10,13,15H,6-9H2,1H3. The summed E-state index contributed by atoms with van der Waals surface area (Å²) in [5.41, 5.74) is 1.06. The molecule has 0 saturated carbocycles. The average Bonchev–Trinajstić information content (AvgIpc) is 2.34. The van der Waals surface area contributed by atoms with Crippen LogP contribution in [0.25, 0.3) is 0 Å². The van der Waals surface area contributed by atoms with Gasteiger partial charge in [-0.1, -0.05) is 29.8 Å². The second-order valence-electron chi connectivity index (χ2n) is 4.78. The van der Waals surface area contributed by atoms with Crippen LogP contribution >= 0.6 is 11.6 Å². The zero-order chi connectivity index (χ0) is 13.2. The first-order chi connectivity index (χ1) is 8.53. The van der Waals surface area contributed by atoms with Crippen molar-refractivity contribution >= 4 is 21.4 Å². The number of halogens is 1. The highest BCUT2D eigenvalue weighted by Gasteiger charge is 2.30. The third-order valence-corrected chi connectivity index (χ3v) is 5.68. The number of sulfone groups is 1. The van der Waals surface area contributed by atoms with Gasteiger partial charge in [-0.05, 0) is 37.4 Å². The van der Waals surface area contributed by atoms with E-state index in [1.807, 2.05) is 31.3 Å². The topological polar surface area (TPSA) is 46.2 Å². The molecule has 0 radical (unpaired) electrons. The van der Waals surface area contributed by atoms with Crippen LogP contribution in [0.4, 0.5) is 0 Å². The predicted octanol–water partition coefficient (Wildman–Crippen LogP) is 2.43. The zero-order valence-electron chi connectivity index (χ0n) is 10.4. The molecule has 1 aromatic rings. The Hall–Kier alpha value is -0.580. The third kappa shape index (κ3) is 3.05. The van der Waals surface area contributed by atoms with Crippen LogP contribution in [0.2, 0.25) is 5.02 Å². The molecule has 1 atom stereocenters. The first-order valence-corrected chi connectivity index (χ1v) is 8.35. The Kier molecular flexibility index (Phi) is 4.30. The minimum atomic E-state index is -2.81. The summed E-state index contributed by atoms with van der Waals surface area (Å²) >= 11 is 6.21. The van der Waals surface area contributed by atoms with Gasteiger partial charge in [0.25, 0.3) is 0 Å². The Balaban J connectivity index is 2.18. The minimum Gasteiger partial charge on any atom is -0.313 e. The maximum Gasteiger partial charge on any atom is 0.150 e. The molecule has 1 heterocycles. The van der Waals surface area contributed by atoms with Crippen LogP contribution in [0, 0.1) is 5.92 Å². The number of nitrogens with one attached hydrogen (secondary N) is 1. The molecule has 1 aromatic carbocycles. The highest BCUT2D eigenvalue weighted by atomic mass is 35.5. The van der Waals surface area contributed by atoms with Crippen LogP contribution in [0.15, 0.2) is 24.3 Å². The Morgan fingerprint density at radius 1 is 1.28 bits per heavy atom. The van der Waals surface area contributed by atoms with Gasteiger partial charge >= 0.3 is 0 Å². The average molecular weight is 288 g/mol. The lowest BCUT2D eigenvalue weighted by Gasteiger charge is -2.30. The summed E-state index contributed by atoms with van der Waals surface area (Å²) < 4.78 is 22.9. The molecule has 1 unspecified atom stereocenters. The van der Waals surface area contributed by atoms with E-state index in [9.17, 15) is 8.42 Å². The summed E-state index contributed by atoms with van der Waals surface area (Å²) in [6.07, 6.45) is 1.41. The summed E-state index contributed by atoms with van der Waals surface area (Å²) in [5.74, 6) is 0.916. The molecule has 0 amide bonds. The number of hydrogen-bond acceptors (Lipinski definition) is 3. The van der Waals surface area contributed by atoms with E-state index >= 15 is 0 Å². The van der Waals surface area contributed by atoms with Gasteiger partial charge < -0.3 is 5.32 Å². The van der Waals surface area contributed by atoms with E-state index in [-0.39, 0.29) is 6.04 Å². The monoisotopic (exact) mass is 287 g/mol. The van der Waals surface area contributed by atoms with E-state index in [4.69, 9.17) is 11.6 Å². The summed E-state index contributed by atoms with van der Waals surface area (Å²) in [5, 5.41) is 4.02. The SMILES string of the molecule is CNC(c1ccccc1Cl)C1CCS(=O)(=O)CC1. The number of rotatable bonds is 3. The van der Waals surface area contributed by atoms with Gasteiger partial charge in [-0.2, -0.15) is 0 Å². The van der Waals surface area contributed by atoms with Crippen LogP contribution in [-0.4, -0.2) is 27.0 Å². The molecule has 1 saturated heterocycles. The third-order valence-electron chi connectivity index (χ3n) is 3.62. The fraction of sp³-hybridized carbons (Fsp3) is 0.538. The molecule has 0 bridgehead atoms. The molecule has 5 heteroatoms. The van der Waals surface area contributed by atoms with Crippen molar-refractivity contribution in [2.45, 2.75) is 18.9 Å². The molecule has 1 aliphatic heterocycles. The van der Waals surface area contributed by atoms with Gasteiger partial charge in [-0.25, -0.2) is 8.42 Å². The lowest BCUT2D eigenvalue weighted by Crippen LogP contribution is -2.32. The largest absolute Gasteiger partial charge is 0.313 e. The Labute approximate surface area is 113 Å². The molecule has 100 valence electrons. The van der Waals surface area contributed by atoms with Gasteiger partial charge in [0.2, 0.25) is 0 Å². The number of benzene rings is 1. The van der Waals surface area contributed by atoms with E-state index in [2.05, 4.69) is 5.32 Å². The van der Waals surface area contributed by atoms with Crippen molar-refractivity contribution < 1.29 is 8.42 Å². The van der Waals surface area contributed by atoms with Gasteiger partial charge in [0.1, 0.15) is 9.84 Å². The molecule has 3 nitrogen and oxygen atoms in total. The van der Waals surface area contributed by atoms with Crippen LogP contribution < -0.4 is 5.32 Å². The van der Waals surface area contributed by atoms with E-state index in [0.29, 0.717) is 30.3 Å². The summed E-state index contributed by atoms with van der Waals surface area (Å²) in [4.78, 5) is 0. The predicted molar refractivity (Wildman–Crippen MR) is 74.6 cm³/mol. The zero-order valence-corrected chi connectivity index (χ0v) is 12.0. The van der Waals surface area contributed by atoms with Crippen LogP contribution in [0.3, 0.4) is 0 Å².